The van der Waals surface area contributed by atoms with Crippen LogP contribution in [0.4, 0.5) is 0 Å². The molecule has 0 spiro atoms. The van der Waals surface area contributed by atoms with E-state index >= 15 is 0 Å². The van der Waals surface area contributed by atoms with Gasteiger partial charge >= 0.3 is 0 Å². The van der Waals surface area contributed by atoms with Gasteiger partial charge in [0.25, 0.3) is 5.56 Å². The normalized spacial score (nSPS) is 10.1. The molecule has 21 heavy (non-hydrogen) atoms. The van der Waals surface area contributed by atoms with E-state index in [0.717, 1.165) is 23.4 Å². The lowest BCUT2D eigenvalue weighted by Gasteiger charge is -2.14. The third-order valence-corrected chi connectivity index (χ3v) is 3.28. The van der Waals surface area contributed by atoms with Gasteiger partial charge in [0.1, 0.15) is 5.75 Å². The van der Waals surface area contributed by atoms with Crippen LogP contribution in [0.5, 0.6) is 5.75 Å². The SMILES string of the molecule is CCCOc1ccccc1-c1ccc(CC#N)c(=O)n1C. The molecule has 4 nitrogen and oxygen atoms in total. The van der Waals surface area contributed by atoms with Crippen molar-refractivity contribution in [1.29, 1.82) is 5.26 Å². The molecule has 0 aliphatic heterocycles. The zero-order valence-corrected chi connectivity index (χ0v) is 12.3. The summed E-state index contributed by atoms with van der Waals surface area (Å²) >= 11 is 0. The van der Waals surface area contributed by atoms with Crippen LogP contribution in [0, 0.1) is 11.3 Å². The Morgan fingerprint density at radius 3 is 2.71 bits per heavy atom. The first-order valence-electron chi connectivity index (χ1n) is 6.97. The highest BCUT2D eigenvalue weighted by Gasteiger charge is 2.11. The van der Waals surface area contributed by atoms with Crippen molar-refractivity contribution in [3.05, 3.63) is 52.3 Å². The second-order valence-electron chi connectivity index (χ2n) is 4.79. The predicted molar refractivity (Wildman–Crippen MR) is 82.2 cm³/mol. The maximum Gasteiger partial charge on any atom is 0.255 e. The zero-order valence-electron chi connectivity index (χ0n) is 12.3. The minimum Gasteiger partial charge on any atom is -0.493 e. The highest BCUT2D eigenvalue weighted by atomic mass is 16.5. The van der Waals surface area contributed by atoms with Gasteiger partial charge in [-0.3, -0.25) is 4.79 Å². The Kier molecular flexibility index (Phi) is 4.78. The third kappa shape index (κ3) is 3.14. The van der Waals surface area contributed by atoms with Crippen LogP contribution in [0.1, 0.15) is 18.9 Å². The number of ether oxygens (including phenoxy) is 1. The Bertz CT molecular complexity index is 726. The van der Waals surface area contributed by atoms with Crippen LogP contribution in [0.15, 0.2) is 41.2 Å². The third-order valence-electron chi connectivity index (χ3n) is 3.28. The van der Waals surface area contributed by atoms with Gasteiger partial charge in [-0.15, -0.1) is 0 Å². The van der Waals surface area contributed by atoms with E-state index in [-0.39, 0.29) is 12.0 Å². The predicted octanol–water partition coefficient (Wildman–Crippen LogP) is 2.91. The van der Waals surface area contributed by atoms with Gasteiger partial charge in [-0.1, -0.05) is 25.1 Å². The molecule has 0 aliphatic rings. The van der Waals surface area contributed by atoms with Crippen LogP contribution < -0.4 is 10.3 Å². The lowest BCUT2D eigenvalue weighted by atomic mass is 10.1. The van der Waals surface area contributed by atoms with Crippen molar-refractivity contribution in [2.75, 3.05) is 6.61 Å². The van der Waals surface area contributed by atoms with Gasteiger partial charge in [-0.05, 0) is 24.6 Å². The van der Waals surface area contributed by atoms with Gasteiger partial charge in [0.05, 0.1) is 24.8 Å². The summed E-state index contributed by atoms with van der Waals surface area (Å²) in [5, 5.41) is 8.74. The molecule has 1 aromatic heterocycles. The first-order valence-corrected chi connectivity index (χ1v) is 6.97. The van der Waals surface area contributed by atoms with Gasteiger partial charge in [0.15, 0.2) is 0 Å². The highest BCUT2D eigenvalue weighted by Crippen LogP contribution is 2.29. The molecule has 0 aliphatic carbocycles. The Labute approximate surface area is 124 Å². The van der Waals surface area contributed by atoms with Gasteiger partial charge < -0.3 is 9.30 Å². The number of nitriles is 1. The Morgan fingerprint density at radius 1 is 1.24 bits per heavy atom. The van der Waals surface area contributed by atoms with Crippen molar-refractivity contribution in [2.24, 2.45) is 7.05 Å². The molecule has 0 radical (unpaired) electrons. The number of aromatic nitrogens is 1. The minimum absolute atomic E-state index is 0.126. The molecule has 2 rings (SSSR count). The van der Waals surface area contributed by atoms with E-state index in [1.807, 2.05) is 36.4 Å². The number of pyridine rings is 1. The summed E-state index contributed by atoms with van der Waals surface area (Å²) in [6.07, 6.45) is 1.05. The number of para-hydroxylation sites is 1. The average Bonchev–Trinajstić information content (AvgIpc) is 2.51. The molecule has 0 unspecified atom stereocenters. The lowest BCUT2D eigenvalue weighted by molar-refractivity contribution is 0.318. The van der Waals surface area contributed by atoms with Gasteiger partial charge in [-0.2, -0.15) is 5.26 Å². The van der Waals surface area contributed by atoms with E-state index in [2.05, 4.69) is 6.92 Å². The number of benzene rings is 1. The highest BCUT2D eigenvalue weighted by molar-refractivity contribution is 5.67. The van der Waals surface area contributed by atoms with E-state index in [4.69, 9.17) is 10.00 Å². The summed E-state index contributed by atoms with van der Waals surface area (Å²) in [6.45, 7) is 2.69. The Balaban J connectivity index is 2.51. The summed E-state index contributed by atoms with van der Waals surface area (Å²) in [5.74, 6) is 0.766. The molecular weight excluding hydrogens is 264 g/mol. The summed E-state index contributed by atoms with van der Waals surface area (Å²) < 4.78 is 7.32. The second-order valence-corrected chi connectivity index (χ2v) is 4.79. The summed E-state index contributed by atoms with van der Waals surface area (Å²) in [4.78, 5) is 12.2. The van der Waals surface area contributed by atoms with Crippen molar-refractivity contribution in [2.45, 2.75) is 19.8 Å². The van der Waals surface area contributed by atoms with Crippen molar-refractivity contribution in [3.8, 4) is 23.1 Å². The number of nitrogens with zero attached hydrogens (tertiary/aromatic N) is 2. The van der Waals surface area contributed by atoms with Gasteiger partial charge in [0, 0.05) is 18.2 Å². The van der Waals surface area contributed by atoms with Crippen molar-refractivity contribution in [3.63, 3.8) is 0 Å². The maximum absolute atomic E-state index is 12.2. The van der Waals surface area contributed by atoms with Crippen LogP contribution in [-0.2, 0) is 13.5 Å². The fourth-order valence-electron chi connectivity index (χ4n) is 2.19. The summed E-state index contributed by atoms with van der Waals surface area (Å²) in [5.41, 5.74) is 2.04. The van der Waals surface area contributed by atoms with Crippen LogP contribution in [-0.4, -0.2) is 11.2 Å². The van der Waals surface area contributed by atoms with E-state index in [1.54, 1.807) is 17.7 Å². The largest absolute Gasteiger partial charge is 0.493 e. The van der Waals surface area contributed by atoms with Gasteiger partial charge in [-0.25, -0.2) is 0 Å². The fourth-order valence-corrected chi connectivity index (χ4v) is 2.19. The minimum atomic E-state index is -0.139. The smallest absolute Gasteiger partial charge is 0.255 e. The van der Waals surface area contributed by atoms with Crippen LogP contribution >= 0.6 is 0 Å². The number of hydrogen-bond acceptors (Lipinski definition) is 3. The van der Waals surface area contributed by atoms with Crippen LogP contribution in [0.3, 0.4) is 0 Å². The molecule has 4 heteroatoms. The first-order chi connectivity index (χ1) is 10.2. The first kappa shape index (κ1) is 14.9. The van der Waals surface area contributed by atoms with Crippen LogP contribution in [0.2, 0.25) is 0 Å². The second kappa shape index (κ2) is 6.76. The molecule has 2 aromatic rings. The van der Waals surface area contributed by atoms with Crippen molar-refractivity contribution >= 4 is 0 Å². The van der Waals surface area contributed by atoms with E-state index in [9.17, 15) is 4.79 Å². The van der Waals surface area contributed by atoms with E-state index < -0.39 is 0 Å². The Morgan fingerprint density at radius 2 is 2.00 bits per heavy atom. The molecule has 0 bridgehead atoms. The molecule has 0 saturated carbocycles. The lowest BCUT2D eigenvalue weighted by Crippen LogP contribution is -2.22. The number of rotatable bonds is 5. The molecule has 1 heterocycles. The molecule has 108 valence electrons. The van der Waals surface area contributed by atoms with E-state index in [1.165, 1.54) is 0 Å². The molecule has 1 aromatic carbocycles. The molecule has 0 amide bonds. The number of hydrogen-bond donors (Lipinski definition) is 0. The Hall–Kier alpha value is -2.54. The molecule has 0 N–H and O–H groups in total. The van der Waals surface area contributed by atoms with Crippen molar-refractivity contribution in [1.82, 2.24) is 4.57 Å². The quantitative estimate of drug-likeness (QED) is 0.847. The monoisotopic (exact) mass is 282 g/mol. The van der Waals surface area contributed by atoms with E-state index in [0.29, 0.717) is 12.2 Å². The maximum atomic E-state index is 12.2. The van der Waals surface area contributed by atoms with Crippen molar-refractivity contribution < 1.29 is 4.74 Å². The molecule has 0 saturated heterocycles. The fraction of sp³-hybridized carbons (Fsp3) is 0.294. The average molecular weight is 282 g/mol. The molecule has 0 atom stereocenters. The molecule has 0 fully saturated rings. The topological polar surface area (TPSA) is 55.0 Å². The molecular formula is C17H18N2O2. The van der Waals surface area contributed by atoms with Gasteiger partial charge in [0.2, 0.25) is 0 Å². The summed E-state index contributed by atoms with van der Waals surface area (Å²) in [6, 6.07) is 13.3. The van der Waals surface area contributed by atoms with Crippen LogP contribution in [0.25, 0.3) is 11.3 Å². The summed E-state index contributed by atoms with van der Waals surface area (Å²) in [7, 11) is 1.72. The zero-order chi connectivity index (χ0) is 15.2. The standard InChI is InChI=1S/C17H18N2O2/c1-3-12-21-16-7-5-4-6-14(16)15-9-8-13(10-11-18)17(20)19(15)2/h4-9H,3,10,12H2,1-2H3.